The molecule has 2 aromatic rings. The maximum atomic E-state index is 12.0. The zero-order valence-corrected chi connectivity index (χ0v) is 12.5. The number of carbonyl (C=O) groups excluding carboxylic acids is 1. The van der Waals surface area contributed by atoms with Crippen molar-refractivity contribution in [2.24, 2.45) is 0 Å². The lowest BCUT2D eigenvalue weighted by Crippen LogP contribution is -2.02. The van der Waals surface area contributed by atoms with E-state index in [0.717, 1.165) is 4.47 Å². The van der Waals surface area contributed by atoms with Crippen molar-refractivity contribution >= 4 is 60.6 Å². The summed E-state index contributed by atoms with van der Waals surface area (Å²) in [6, 6.07) is 5.19. The van der Waals surface area contributed by atoms with Crippen molar-refractivity contribution in [3.8, 4) is 0 Å². The Morgan fingerprint density at radius 1 is 1.38 bits per heavy atom. The van der Waals surface area contributed by atoms with Crippen LogP contribution in [0.15, 0.2) is 33.3 Å². The molecule has 0 aromatic carbocycles. The minimum atomic E-state index is -0.128. The molecule has 0 unspecified atom stereocenters. The Kier molecular flexibility index (Phi) is 3.79. The average molecular weight is 381 g/mol. The average Bonchev–Trinajstić information content (AvgIpc) is 2.64. The van der Waals surface area contributed by atoms with Gasteiger partial charge < -0.3 is 0 Å². The highest BCUT2D eigenvalue weighted by molar-refractivity contribution is 9.11. The van der Waals surface area contributed by atoms with Gasteiger partial charge >= 0.3 is 0 Å². The molecule has 2 heterocycles. The Morgan fingerprint density at radius 3 is 2.69 bits per heavy atom. The first-order chi connectivity index (χ1) is 7.58. The van der Waals surface area contributed by atoms with Crippen LogP contribution in [0.25, 0.3) is 0 Å². The number of rotatable bonds is 2. The highest BCUT2D eigenvalue weighted by Gasteiger charge is 2.16. The summed E-state index contributed by atoms with van der Waals surface area (Å²) in [6.45, 7) is 0. The Morgan fingerprint density at radius 2 is 2.12 bits per heavy atom. The third-order valence-electron chi connectivity index (χ3n) is 1.82. The number of ketones is 1. The van der Waals surface area contributed by atoms with Crippen LogP contribution in [0.5, 0.6) is 0 Å². The van der Waals surface area contributed by atoms with Crippen molar-refractivity contribution in [1.29, 1.82) is 0 Å². The van der Waals surface area contributed by atoms with Crippen LogP contribution in [0, 0.1) is 0 Å². The van der Waals surface area contributed by atoms with Crippen molar-refractivity contribution in [2.45, 2.75) is 0 Å². The summed E-state index contributed by atoms with van der Waals surface area (Å²) in [4.78, 5) is 16.7. The molecule has 0 aliphatic carbocycles. The van der Waals surface area contributed by atoms with Crippen molar-refractivity contribution < 1.29 is 4.79 Å². The first-order valence-electron chi connectivity index (χ1n) is 4.19. The summed E-state index contributed by atoms with van der Waals surface area (Å²) in [5.74, 6) is -0.128. The largest absolute Gasteiger partial charge is 0.286 e. The Bertz CT molecular complexity index is 556. The first kappa shape index (κ1) is 12.2. The summed E-state index contributed by atoms with van der Waals surface area (Å²) >= 11 is 13.6. The van der Waals surface area contributed by atoms with Crippen LogP contribution in [-0.4, -0.2) is 10.8 Å². The number of hydrogen-bond acceptors (Lipinski definition) is 3. The topological polar surface area (TPSA) is 30.0 Å². The SMILES string of the molecule is O=C(c1ccc(Cl)s1)c1ncc(Br)cc1Br. The summed E-state index contributed by atoms with van der Waals surface area (Å²) in [5.41, 5.74) is 0.390. The van der Waals surface area contributed by atoms with Crippen molar-refractivity contribution in [3.63, 3.8) is 0 Å². The predicted octanol–water partition coefficient (Wildman–Crippen LogP) is 4.55. The molecule has 0 amide bonds. The van der Waals surface area contributed by atoms with Crippen LogP contribution in [0.1, 0.15) is 15.4 Å². The van der Waals surface area contributed by atoms with E-state index in [1.165, 1.54) is 11.3 Å². The molecule has 2 rings (SSSR count). The van der Waals surface area contributed by atoms with Crippen LogP contribution >= 0.6 is 54.8 Å². The quantitative estimate of drug-likeness (QED) is 0.714. The highest BCUT2D eigenvalue weighted by atomic mass is 79.9. The lowest BCUT2D eigenvalue weighted by molar-refractivity contribution is 0.103. The molecule has 0 aliphatic heterocycles. The molecule has 0 atom stereocenters. The monoisotopic (exact) mass is 379 g/mol. The fraction of sp³-hybridized carbons (Fsp3) is 0. The number of carbonyl (C=O) groups is 1. The molecule has 82 valence electrons. The van der Waals surface area contributed by atoms with Crippen molar-refractivity contribution in [3.05, 3.63) is 48.2 Å². The highest BCUT2D eigenvalue weighted by Crippen LogP contribution is 2.27. The van der Waals surface area contributed by atoms with Gasteiger partial charge in [0.1, 0.15) is 5.69 Å². The molecule has 0 saturated heterocycles. The van der Waals surface area contributed by atoms with Crippen LogP contribution in [-0.2, 0) is 0 Å². The van der Waals surface area contributed by atoms with Gasteiger partial charge in [-0.3, -0.25) is 9.78 Å². The summed E-state index contributed by atoms with van der Waals surface area (Å²) < 4.78 is 2.08. The molecule has 2 aromatic heterocycles. The maximum Gasteiger partial charge on any atom is 0.222 e. The molecule has 0 spiro atoms. The second kappa shape index (κ2) is 4.96. The molecular formula is C10H4Br2ClNOS. The fourth-order valence-corrected chi connectivity index (χ4v) is 3.29. The molecule has 0 aliphatic rings. The zero-order chi connectivity index (χ0) is 11.7. The zero-order valence-electron chi connectivity index (χ0n) is 7.71. The number of nitrogens with zero attached hydrogens (tertiary/aromatic N) is 1. The summed E-state index contributed by atoms with van der Waals surface area (Å²) in [6.07, 6.45) is 1.59. The van der Waals surface area contributed by atoms with E-state index in [-0.39, 0.29) is 5.78 Å². The minimum Gasteiger partial charge on any atom is -0.286 e. The molecule has 2 nitrogen and oxygen atoms in total. The molecular weight excluding hydrogens is 377 g/mol. The van der Waals surface area contributed by atoms with Gasteiger partial charge in [0.25, 0.3) is 0 Å². The van der Waals surface area contributed by atoms with Crippen molar-refractivity contribution in [1.82, 2.24) is 4.98 Å². The molecule has 16 heavy (non-hydrogen) atoms. The van der Waals surface area contributed by atoms with E-state index in [4.69, 9.17) is 11.6 Å². The number of thiophene rings is 1. The van der Waals surface area contributed by atoms with Gasteiger partial charge in [0, 0.05) is 15.1 Å². The minimum absolute atomic E-state index is 0.128. The molecule has 6 heteroatoms. The van der Waals surface area contributed by atoms with Crippen molar-refractivity contribution in [2.75, 3.05) is 0 Å². The van der Waals surface area contributed by atoms with Gasteiger partial charge in [0.2, 0.25) is 5.78 Å². The van der Waals surface area contributed by atoms with Gasteiger partial charge in [-0.05, 0) is 50.1 Å². The smallest absolute Gasteiger partial charge is 0.222 e. The van der Waals surface area contributed by atoms with Gasteiger partial charge in [-0.15, -0.1) is 11.3 Å². The van der Waals surface area contributed by atoms with Crippen LogP contribution in [0.2, 0.25) is 4.34 Å². The van der Waals surface area contributed by atoms with Crippen LogP contribution in [0.3, 0.4) is 0 Å². The van der Waals surface area contributed by atoms with E-state index in [2.05, 4.69) is 36.8 Å². The lowest BCUT2D eigenvalue weighted by atomic mass is 10.2. The number of aromatic nitrogens is 1. The summed E-state index contributed by atoms with van der Waals surface area (Å²) in [5, 5.41) is 0. The van der Waals surface area contributed by atoms with Gasteiger partial charge in [-0.25, -0.2) is 0 Å². The Labute approximate surface area is 118 Å². The van der Waals surface area contributed by atoms with E-state index in [9.17, 15) is 4.79 Å². The molecule has 0 bridgehead atoms. The lowest BCUT2D eigenvalue weighted by Gasteiger charge is -2.00. The Hall–Kier alpha value is -0.230. The number of pyridine rings is 1. The van der Waals surface area contributed by atoms with E-state index < -0.39 is 0 Å². The van der Waals surface area contributed by atoms with E-state index >= 15 is 0 Å². The molecule has 0 saturated carbocycles. The van der Waals surface area contributed by atoms with E-state index in [0.29, 0.717) is 19.4 Å². The van der Waals surface area contributed by atoms with Gasteiger partial charge in [-0.1, -0.05) is 11.6 Å². The van der Waals surface area contributed by atoms with E-state index in [1.54, 1.807) is 24.4 Å². The van der Waals surface area contributed by atoms with Gasteiger partial charge in [-0.2, -0.15) is 0 Å². The second-order valence-electron chi connectivity index (χ2n) is 2.92. The number of hydrogen-bond donors (Lipinski definition) is 0. The molecule has 0 fully saturated rings. The number of halogens is 3. The molecule has 0 N–H and O–H groups in total. The van der Waals surface area contributed by atoms with Crippen LogP contribution in [0.4, 0.5) is 0 Å². The van der Waals surface area contributed by atoms with Crippen LogP contribution < -0.4 is 0 Å². The fourth-order valence-electron chi connectivity index (χ4n) is 1.13. The second-order valence-corrected chi connectivity index (χ2v) is 6.40. The maximum absolute atomic E-state index is 12.0. The van der Waals surface area contributed by atoms with Gasteiger partial charge in [0.05, 0.1) is 9.21 Å². The predicted molar refractivity (Wildman–Crippen MR) is 72.4 cm³/mol. The third-order valence-corrected chi connectivity index (χ3v) is 4.09. The normalized spacial score (nSPS) is 10.4. The van der Waals surface area contributed by atoms with Gasteiger partial charge in [0.15, 0.2) is 0 Å². The standard InChI is InChI=1S/C10H4Br2ClNOS/c11-5-3-6(12)9(14-4-5)10(15)7-1-2-8(13)16-7/h1-4H. The summed E-state index contributed by atoms with van der Waals surface area (Å²) in [7, 11) is 0. The first-order valence-corrected chi connectivity index (χ1v) is 6.97. The molecule has 0 radical (unpaired) electrons. The Balaban J connectivity index is 2.41. The third kappa shape index (κ3) is 2.53. The van der Waals surface area contributed by atoms with E-state index in [1.807, 2.05) is 0 Å².